The molecule has 9 heteroatoms. The molecule has 0 fully saturated rings. The van der Waals surface area contributed by atoms with Crippen molar-refractivity contribution in [1.82, 2.24) is 10.3 Å². The zero-order valence-corrected chi connectivity index (χ0v) is 19.1. The van der Waals surface area contributed by atoms with Gasteiger partial charge in [0.1, 0.15) is 12.2 Å². The SMILES string of the molecule is CC(N)CS.CNC(=O)c1cc(C)c2cc(NCC(F)(F)F)cc(C(C)(C)C)c2n1. The fraction of sp³-hybridized carbons (Fsp3) is 0.524. The number of fused-ring (bicyclic) bond motifs is 1. The Bertz CT molecular complexity index is 877. The molecule has 168 valence electrons. The molecule has 1 amide bonds. The minimum atomic E-state index is -4.30. The van der Waals surface area contributed by atoms with Crippen molar-refractivity contribution in [2.24, 2.45) is 5.73 Å². The third-order valence-corrected chi connectivity index (χ3v) is 4.74. The summed E-state index contributed by atoms with van der Waals surface area (Å²) in [4.78, 5) is 16.4. The number of hydrogen-bond donors (Lipinski definition) is 4. The van der Waals surface area contributed by atoms with Crippen LogP contribution in [0.5, 0.6) is 0 Å². The second-order valence-electron chi connectivity index (χ2n) is 8.20. The number of carbonyl (C=O) groups excluding carboxylic acids is 1. The Balaban J connectivity index is 0.000000804. The van der Waals surface area contributed by atoms with Gasteiger partial charge in [-0.1, -0.05) is 20.8 Å². The second-order valence-corrected chi connectivity index (χ2v) is 8.57. The van der Waals surface area contributed by atoms with Gasteiger partial charge in [-0.25, -0.2) is 4.98 Å². The van der Waals surface area contributed by atoms with Gasteiger partial charge in [-0.2, -0.15) is 25.8 Å². The number of thiol groups is 1. The summed E-state index contributed by atoms with van der Waals surface area (Å²) < 4.78 is 37.6. The molecule has 0 radical (unpaired) electrons. The first kappa shape index (κ1) is 26.0. The summed E-state index contributed by atoms with van der Waals surface area (Å²) in [5.41, 5.74) is 7.72. The zero-order chi connectivity index (χ0) is 23.3. The first-order chi connectivity index (χ1) is 13.7. The standard InChI is InChI=1S/C18H22F3N3O.C3H9NS/c1-10-6-14(16(25)22-5)24-15-12(10)7-11(23-9-18(19,20)21)8-13(15)17(2,3)4;1-3(4)2-5/h6-8,23H,9H2,1-5H3,(H,22,25);3,5H,2,4H2,1H3. The van der Waals surface area contributed by atoms with Crippen LogP contribution in [0.4, 0.5) is 18.9 Å². The van der Waals surface area contributed by atoms with Crippen molar-refractivity contribution >= 4 is 35.1 Å². The Labute approximate surface area is 181 Å². The monoisotopic (exact) mass is 444 g/mol. The van der Waals surface area contributed by atoms with Crippen molar-refractivity contribution in [2.45, 2.75) is 52.3 Å². The van der Waals surface area contributed by atoms with Crippen LogP contribution in [0.3, 0.4) is 0 Å². The lowest BCUT2D eigenvalue weighted by molar-refractivity contribution is -0.115. The topological polar surface area (TPSA) is 80.0 Å². The number of pyridine rings is 1. The molecule has 0 aliphatic heterocycles. The quantitative estimate of drug-likeness (QED) is 0.526. The molecule has 0 saturated heterocycles. The Morgan fingerprint density at radius 2 is 1.80 bits per heavy atom. The number of carbonyl (C=O) groups is 1. The fourth-order valence-corrected chi connectivity index (χ4v) is 2.61. The van der Waals surface area contributed by atoms with Gasteiger partial charge in [-0.05, 0) is 48.6 Å². The molecule has 1 unspecified atom stereocenters. The predicted octanol–water partition coefficient (Wildman–Crippen LogP) is 4.44. The molecule has 0 spiro atoms. The Hall–Kier alpha value is -2.00. The highest BCUT2D eigenvalue weighted by Crippen LogP contribution is 2.34. The smallest absolute Gasteiger partial charge is 0.376 e. The van der Waals surface area contributed by atoms with Crippen molar-refractivity contribution in [3.05, 3.63) is 35.0 Å². The van der Waals surface area contributed by atoms with Crippen molar-refractivity contribution in [3.63, 3.8) is 0 Å². The molecule has 2 aromatic rings. The largest absolute Gasteiger partial charge is 0.405 e. The van der Waals surface area contributed by atoms with E-state index in [1.165, 1.54) is 7.05 Å². The first-order valence-electron chi connectivity index (χ1n) is 9.54. The average Bonchev–Trinajstić information content (AvgIpc) is 2.64. The summed E-state index contributed by atoms with van der Waals surface area (Å²) >= 11 is 3.89. The van der Waals surface area contributed by atoms with E-state index < -0.39 is 12.7 Å². The highest BCUT2D eigenvalue weighted by atomic mass is 32.1. The molecule has 1 atom stereocenters. The van der Waals surface area contributed by atoms with E-state index in [2.05, 4.69) is 28.2 Å². The molecule has 1 heterocycles. The van der Waals surface area contributed by atoms with Crippen LogP contribution in [0.25, 0.3) is 10.9 Å². The number of halogens is 3. The first-order valence-corrected chi connectivity index (χ1v) is 10.2. The number of aromatic nitrogens is 1. The molecule has 1 aromatic carbocycles. The molecular weight excluding hydrogens is 413 g/mol. The van der Waals surface area contributed by atoms with Crippen LogP contribution >= 0.6 is 12.6 Å². The number of amides is 1. The highest BCUT2D eigenvalue weighted by Gasteiger charge is 2.27. The van der Waals surface area contributed by atoms with Crippen LogP contribution in [0.1, 0.15) is 49.3 Å². The van der Waals surface area contributed by atoms with E-state index in [9.17, 15) is 18.0 Å². The van der Waals surface area contributed by atoms with Crippen LogP contribution in [-0.2, 0) is 5.41 Å². The summed E-state index contributed by atoms with van der Waals surface area (Å²) in [6, 6.07) is 5.21. The van der Waals surface area contributed by atoms with Crippen LogP contribution in [0, 0.1) is 6.92 Å². The van der Waals surface area contributed by atoms with Crippen LogP contribution < -0.4 is 16.4 Å². The Kier molecular flexibility index (Phi) is 8.98. The number of nitrogens with zero attached hydrogens (tertiary/aromatic N) is 1. The second kappa shape index (κ2) is 10.3. The van der Waals surface area contributed by atoms with Gasteiger partial charge in [0.25, 0.3) is 5.91 Å². The minimum absolute atomic E-state index is 0.248. The zero-order valence-electron chi connectivity index (χ0n) is 18.2. The molecule has 2 rings (SSSR count). The number of rotatable bonds is 4. The van der Waals surface area contributed by atoms with E-state index in [0.717, 1.165) is 22.3 Å². The third-order valence-electron chi connectivity index (χ3n) is 4.17. The summed E-state index contributed by atoms with van der Waals surface area (Å²) in [6.45, 7) is 8.50. The number of nitrogens with one attached hydrogen (secondary N) is 2. The van der Waals surface area contributed by atoms with Gasteiger partial charge in [-0.15, -0.1) is 0 Å². The third kappa shape index (κ3) is 7.68. The number of aryl methyl sites for hydroxylation is 1. The minimum Gasteiger partial charge on any atom is -0.376 e. The van der Waals surface area contributed by atoms with Crippen LogP contribution in [0.15, 0.2) is 18.2 Å². The van der Waals surface area contributed by atoms with Crippen LogP contribution in [-0.4, -0.2) is 42.5 Å². The number of benzene rings is 1. The molecule has 5 nitrogen and oxygen atoms in total. The number of alkyl halides is 3. The lowest BCUT2D eigenvalue weighted by Crippen LogP contribution is -2.22. The lowest BCUT2D eigenvalue weighted by Gasteiger charge is -2.23. The Morgan fingerprint density at radius 3 is 2.23 bits per heavy atom. The predicted molar refractivity (Wildman–Crippen MR) is 121 cm³/mol. The number of anilines is 1. The fourth-order valence-electron chi connectivity index (χ4n) is 2.61. The van der Waals surface area contributed by atoms with E-state index in [-0.39, 0.29) is 23.1 Å². The van der Waals surface area contributed by atoms with E-state index in [4.69, 9.17) is 5.73 Å². The molecule has 30 heavy (non-hydrogen) atoms. The molecule has 0 saturated carbocycles. The van der Waals surface area contributed by atoms with Crippen molar-refractivity contribution in [3.8, 4) is 0 Å². The van der Waals surface area contributed by atoms with E-state index in [1.54, 1.807) is 18.2 Å². The molecule has 0 aliphatic rings. The van der Waals surface area contributed by atoms with Gasteiger partial charge in [0, 0.05) is 29.9 Å². The van der Waals surface area contributed by atoms with Gasteiger partial charge in [0.05, 0.1) is 5.52 Å². The molecule has 0 aliphatic carbocycles. The normalized spacial score (nSPS) is 12.8. The summed E-state index contributed by atoms with van der Waals surface area (Å²) in [5.74, 6) is 0.476. The average molecular weight is 445 g/mol. The van der Waals surface area contributed by atoms with Gasteiger partial charge in [-0.3, -0.25) is 4.79 Å². The van der Waals surface area contributed by atoms with Gasteiger partial charge < -0.3 is 16.4 Å². The molecule has 4 N–H and O–H groups in total. The van der Waals surface area contributed by atoms with Gasteiger partial charge >= 0.3 is 6.18 Å². The van der Waals surface area contributed by atoms with Crippen LogP contribution in [0.2, 0.25) is 0 Å². The van der Waals surface area contributed by atoms with Crippen molar-refractivity contribution < 1.29 is 18.0 Å². The van der Waals surface area contributed by atoms with Crippen molar-refractivity contribution in [1.29, 1.82) is 0 Å². The Morgan fingerprint density at radius 1 is 1.23 bits per heavy atom. The molecule has 0 bridgehead atoms. The lowest BCUT2D eigenvalue weighted by atomic mass is 9.84. The molecule has 1 aromatic heterocycles. The highest BCUT2D eigenvalue weighted by molar-refractivity contribution is 7.80. The van der Waals surface area contributed by atoms with E-state index in [1.807, 2.05) is 34.6 Å². The summed E-state index contributed by atoms with van der Waals surface area (Å²) in [7, 11) is 1.53. The van der Waals surface area contributed by atoms with Gasteiger partial charge in [0.15, 0.2) is 0 Å². The van der Waals surface area contributed by atoms with Gasteiger partial charge in [0.2, 0.25) is 0 Å². The maximum absolute atomic E-state index is 12.5. The van der Waals surface area contributed by atoms with E-state index >= 15 is 0 Å². The molecular formula is C21H31F3N4OS. The van der Waals surface area contributed by atoms with E-state index in [0.29, 0.717) is 11.2 Å². The van der Waals surface area contributed by atoms with Crippen molar-refractivity contribution in [2.75, 3.05) is 24.7 Å². The number of nitrogens with two attached hydrogens (primary N) is 1. The maximum atomic E-state index is 12.5. The maximum Gasteiger partial charge on any atom is 0.405 e. The summed E-state index contributed by atoms with van der Waals surface area (Å²) in [6.07, 6.45) is -4.30. The number of hydrogen-bond acceptors (Lipinski definition) is 5. The summed E-state index contributed by atoms with van der Waals surface area (Å²) in [5, 5.41) is 5.70.